The monoisotopic (exact) mass is 358 g/mol. The molecule has 0 aliphatic heterocycles. The summed E-state index contributed by atoms with van der Waals surface area (Å²) in [6.45, 7) is 2.14. The van der Waals surface area contributed by atoms with Gasteiger partial charge >= 0.3 is 0 Å². The quantitative estimate of drug-likeness (QED) is 0.859. The summed E-state index contributed by atoms with van der Waals surface area (Å²) in [5.41, 5.74) is 1.51. The van der Waals surface area contributed by atoms with Crippen molar-refractivity contribution in [3.05, 3.63) is 41.2 Å². The molecule has 2 aromatic rings. The van der Waals surface area contributed by atoms with Crippen molar-refractivity contribution in [2.45, 2.75) is 45.1 Å². The average Bonchev–Trinajstić information content (AvgIpc) is 3.31. The highest BCUT2D eigenvalue weighted by molar-refractivity contribution is 7.13. The van der Waals surface area contributed by atoms with E-state index in [4.69, 9.17) is 0 Å². The van der Waals surface area contributed by atoms with Crippen molar-refractivity contribution in [3.63, 3.8) is 0 Å². The van der Waals surface area contributed by atoms with Crippen LogP contribution in [0.1, 0.15) is 38.3 Å². The Morgan fingerprint density at radius 3 is 3.00 bits per heavy atom. The number of nitrogens with zero attached hydrogens (tertiary/aromatic N) is 1. The van der Waals surface area contributed by atoms with Crippen molar-refractivity contribution < 1.29 is 9.18 Å². The van der Waals surface area contributed by atoms with Crippen LogP contribution >= 0.6 is 11.3 Å². The molecule has 2 bridgehead atoms. The molecular weight excluding hydrogens is 335 g/mol. The molecule has 25 heavy (non-hydrogen) atoms. The SMILES string of the molecule is CC(NC(=O)Cc1csc(-c2cccc(F)c2)n1)C1CC2CCC1C2. The maximum Gasteiger partial charge on any atom is 0.226 e. The third kappa shape index (κ3) is 3.61. The molecule has 132 valence electrons. The number of carbonyl (C=O) groups excluding carboxylic acids is 1. The molecule has 2 aliphatic rings. The molecule has 4 unspecified atom stereocenters. The Morgan fingerprint density at radius 1 is 1.40 bits per heavy atom. The molecule has 2 fully saturated rings. The van der Waals surface area contributed by atoms with Crippen LogP contribution in [0.15, 0.2) is 29.6 Å². The number of carbonyl (C=O) groups is 1. The Hall–Kier alpha value is -1.75. The van der Waals surface area contributed by atoms with Crippen molar-refractivity contribution in [2.75, 3.05) is 0 Å². The first kappa shape index (κ1) is 16.7. The van der Waals surface area contributed by atoms with E-state index in [0.29, 0.717) is 5.92 Å². The topological polar surface area (TPSA) is 42.0 Å². The molecule has 0 saturated heterocycles. The summed E-state index contributed by atoms with van der Waals surface area (Å²) < 4.78 is 13.3. The van der Waals surface area contributed by atoms with Gasteiger partial charge in [-0.1, -0.05) is 18.6 Å². The van der Waals surface area contributed by atoms with Crippen molar-refractivity contribution >= 4 is 17.2 Å². The van der Waals surface area contributed by atoms with E-state index in [1.165, 1.54) is 49.2 Å². The molecule has 1 aromatic heterocycles. The second-order valence-corrected chi connectivity index (χ2v) is 8.38. The van der Waals surface area contributed by atoms with Gasteiger partial charge in [-0.05, 0) is 56.1 Å². The summed E-state index contributed by atoms with van der Waals surface area (Å²) in [5, 5.41) is 5.82. The zero-order chi connectivity index (χ0) is 17.4. The Kier molecular flexibility index (Phi) is 4.59. The van der Waals surface area contributed by atoms with E-state index in [1.807, 2.05) is 11.4 Å². The predicted molar refractivity (Wildman–Crippen MR) is 97.8 cm³/mol. The zero-order valence-electron chi connectivity index (χ0n) is 14.4. The molecule has 0 radical (unpaired) electrons. The molecule has 5 heteroatoms. The molecule has 1 heterocycles. The van der Waals surface area contributed by atoms with Gasteiger partial charge in [0, 0.05) is 17.0 Å². The van der Waals surface area contributed by atoms with E-state index in [0.717, 1.165) is 28.1 Å². The van der Waals surface area contributed by atoms with Crippen molar-refractivity contribution in [1.82, 2.24) is 10.3 Å². The lowest BCUT2D eigenvalue weighted by Crippen LogP contribution is -2.40. The van der Waals surface area contributed by atoms with Gasteiger partial charge in [-0.15, -0.1) is 11.3 Å². The summed E-state index contributed by atoms with van der Waals surface area (Å²) in [5.74, 6) is 2.10. The number of benzene rings is 1. The van der Waals surface area contributed by atoms with Crippen LogP contribution in [0.2, 0.25) is 0 Å². The Morgan fingerprint density at radius 2 is 2.28 bits per heavy atom. The number of amides is 1. The van der Waals surface area contributed by atoms with E-state index < -0.39 is 0 Å². The van der Waals surface area contributed by atoms with Crippen LogP contribution in [0.3, 0.4) is 0 Å². The number of halogens is 1. The number of rotatable bonds is 5. The number of thiazole rings is 1. The van der Waals surface area contributed by atoms with Gasteiger partial charge in [0.2, 0.25) is 5.91 Å². The summed E-state index contributed by atoms with van der Waals surface area (Å²) in [6.07, 6.45) is 5.62. The Bertz CT molecular complexity index is 775. The summed E-state index contributed by atoms with van der Waals surface area (Å²) in [7, 11) is 0. The van der Waals surface area contributed by atoms with Gasteiger partial charge in [0.15, 0.2) is 0 Å². The average molecular weight is 358 g/mol. The van der Waals surface area contributed by atoms with Crippen LogP contribution in [0.4, 0.5) is 4.39 Å². The van der Waals surface area contributed by atoms with Gasteiger partial charge in [0.1, 0.15) is 10.8 Å². The van der Waals surface area contributed by atoms with E-state index in [1.54, 1.807) is 6.07 Å². The van der Waals surface area contributed by atoms with Gasteiger partial charge in [-0.25, -0.2) is 9.37 Å². The second-order valence-electron chi connectivity index (χ2n) is 7.53. The lowest BCUT2D eigenvalue weighted by molar-refractivity contribution is -0.121. The minimum atomic E-state index is -0.272. The minimum Gasteiger partial charge on any atom is -0.353 e. The first-order valence-electron chi connectivity index (χ1n) is 9.08. The largest absolute Gasteiger partial charge is 0.353 e. The molecular formula is C20H23FN2OS. The maximum absolute atomic E-state index is 13.3. The number of nitrogens with one attached hydrogen (secondary N) is 1. The van der Waals surface area contributed by atoms with Gasteiger partial charge in [-0.3, -0.25) is 4.79 Å². The smallest absolute Gasteiger partial charge is 0.226 e. The predicted octanol–water partition coefficient (Wildman–Crippen LogP) is 4.43. The number of fused-ring (bicyclic) bond motifs is 2. The third-order valence-corrected chi connectivity index (χ3v) is 6.73. The fourth-order valence-electron chi connectivity index (χ4n) is 4.63. The zero-order valence-corrected chi connectivity index (χ0v) is 15.2. The van der Waals surface area contributed by atoms with Crippen molar-refractivity contribution in [2.24, 2.45) is 17.8 Å². The third-order valence-electron chi connectivity index (χ3n) is 5.79. The van der Waals surface area contributed by atoms with Gasteiger partial charge in [0.25, 0.3) is 0 Å². The van der Waals surface area contributed by atoms with Crippen molar-refractivity contribution in [3.8, 4) is 10.6 Å². The van der Waals surface area contributed by atoms with Crippen LogP contribution in [-0.4, -0.2) is 16.9 Å². The molecule has 1 N–H and O–H groups in total. The first-order chi connectivity index (χ1) is 12.1. The molecule has 3 nitrogen and oxygen atoms in total. The number of aromatic nitrogens is 1. The van der Waals surface area contributed by atoms with Gasteiger partial charge in [0.05, 0.1) is 12.1 Å². The van der Waals surface area contributed by atoms with Crippen LogP contribution < -0.4 is 5.32 Å². The van der Waals surface area contributed by atoms with Gasteiger partial charge < -0.3 is 5.32 Å². The summed E-state index contributed by atoms with van der Waals surface area (Å²) >= 11 is 1.45. The molecule has 2 saturated carbocycles. The van der Waals surface area contributed by atoms with E-state index in [2.05, 4.69) is 17.2 Å². The van der Waals surface area contributed by atoms with Crippen LogP contribution in [0.5, 0.6) is 0 Å². The van der Waals surface area contributed by atoms with E-state index in [9.17, 15) is 9.18 Å². The fourth-order valence-corrected chi connectivity index (χ4v) is 5.44. The Balaban J connectivity index is 1.35. The Labute approximate surface area is 151 Å². The molecule has 1 amide bonds. The summed E-state index contributed by atoms with van der Waals surface area (Å²) in [6, 6.07) is 6.64. The highest BCUT2D eigenvalue weighted by atomic mass is 32.1. The maximum atomic E-state index is 13.3. The lowest BCUT2D eigenvalue weighted by Gasteiger charge is -2.28. The molecule has 2 aliphatic carbocycles. The van der Waals surface area contributed by atoms with Crippen LogP contribution in [0, 0.1) is 23.6 Å². The number of hydrogen-bond donors (Lipinski definition) is 1. The summed E-state index contributed by atoms with van der Waals surface area (Å²) in [4.78, 5) is 16.9. The first-order valence-corrected chi connectivity index (χ1v) is 9.96. The van der Waals surface area contributed by atoms with E-state index >= 15 is 0 Å². The molecule has 4 rings (SSSR count). The molecule has 0 spiro atoms. The minimum absolute atomic E-state index is 0.0337. The van der Waals surface area contributed by atoms with Crippen molar-refractivity contribution in [1.29, 1.82) is 0 Å². The molecule has 4 atom stereocenters. The van der Waals surface area contributed by atoms with Crippen LogP contribution in [-0.2, 0) is 11.2 Å². The molecule has 1 aromatic carbocycles. The highest BCUT2D eigenvalue weighted by Gasteiger charge is 2.42. The van der Waals surface area contributed by atoms with E-state index in [-0.39, 0.29) is 24.2 Å². The van der Waals surface area contributed by atoms with Crippen LogP contribution in [0.25, 0.3) is 10.6 Å². The van der Waals surface area contributed by atoms with Gasteiger partial charge in [-0.2, -0.15) is 0 Å². The standard InChI is InChI=1S/C20H23FN2OS/c1-12(18-8-13-5-6-14(18)7-13)22-19(24)10-17-11-25-20(23-17)15-3-2-4-16(21)9-15/h2-4,9,11-14,18H,5-8,10H2,1H3,(H,22,24). The number of hydrogen-bond acceptors (Lipinski definition) is 3. The second kappa shape index (κ2) is 6.87. The normalized spacial score (nSPS) is 25.9. The lowest BCUT2D eigenvalue weighted by atomic mass is 9.84. The highest BCUT2D eigenvalue weighted by Crippen LogP contribution is 2.49. The fraction of sp³-hybridized carbons (Fsp3) is 0.500.